The molecule has 1 N–H and O–H groups in total. The average molecular weight is 261 g/mol. The van der Waals surface area contributed by atoms with E-state index in [-0.39, 0.29) is 0 Å². The molecule has 19 heavy (non-hydrogen) atoms. The lowest BCUT2D eigenvalue weighted by Crippen LogP contribution is -2.41. The topological polar surface area (TPSA) is 28.2 Å². The van der Waals surface area contributed by atoms with Crippen molar-refractivity contribution in [3.63, 3.8) is 0 Å². The van der Waals surface area contributed by atoms with Gasteiger partial charge in [-0.2, -0.15) is 0 Å². The van der Waals surface area contributed by atoms with Crippen LogP contribution in [0.5, 0.6) is 0 Å². The van der Waals surface area contributed by atoms with Crippen molar-refractivity contribution in [1.82, 2.24) is 10.3 Å². The lowest BCUT2D eigenvalue weighted by atomic mass is 9.94. The molecule has 2 atom stereocenters. The van der Waals surface area contributed by atoms with Gasteiger partial charge in [-0.05, 0) is 50.3 Å². The Balaban J connectivity index is 2.13. The van der Waals surface area contributed by atoms with Crippen LogP contribution in [0.25, 0.3) is 0 Å². The summed E-state index contributed by atoms with van der Waals surface area (Å²) in [5.74, 6) is 0.785. The zero-order chi connectivity index (χ0) is 13.7. The largest absolute Gasteiger partial charge is 0.367 e. The maximum Gasteiger partial charge on any atom is 0.0600 e. The third-order valence-electron chi connectivity index (χ3n) is 4.06. The minimum atomic E-state index is 0.630. The van der Waals surface area contributed by atoms with Gasteiger partial charge in [-0.1, -0.05) is 13.8 Å². The van der Waals surface area contributed by atoms with Gasteiger partial charge in [-0.3, -0.25) is 4.98 Å². The van der Waals surface area contributed by atoms with E-state index in [9.17, 15) is 0 Å². The minimum absolute atomic E-state index is 0.630. The first kappa shape index (κ1) is 14.3. The highest BCUT2D eigenvalue weighted by Gasteiger charge is 2.24. The molecule has 3 nitrogen and oxygen atoms in total. The molecule has 1 aromatic heterocycles. The summed E-state index contributed by atoms with van der Waals surface area (Å²) < 4.78 is 0. The maximum absolute atomic E-state index is 4.34. The van der Waals surface area contributed by atoms with E-state index in [1.807, 2.05) is 12.4 Å². The van der Waals surface area contributed by atoms with E-state index in [0.29, 0.717) is 6.04 Å². The monoisotopic (exact) mass is 261 g/mol. The Morgan fingerprint density at radius 1 is 1.37 bits per heavy atom. The summed E-state index contributed by atoms with van der Waals surface area (Å²) in [5, 5.41) is 3.50. The van der Waals surface area contributed by atoms with Crippen molar-refractivity contribution < 1.29 is 0 Å². The number of rotatable bonds is 5. The van der Waals surface area contributed by atoms with Gasteiger partial charge in [0.15, 0.2) is 0 Å². The van der Waals surface area contributed by atoms with Crippen LogP contribution in [0.4, 0.5) is 5.69 Å². The smallest absolute Gasteiger partial charge is 0.0600 e. The van der Waals surface area contributed by atoms with Crippen LogP contribution in [-0.4, -0.2) is 24.1 Å². The van der Waals surface area contributed by atoms with Crippen molar-refractivity contribution in [3.8, 4) is 0 Å². The van der Waals surface area contributed by atoms with E-state index in [1.165, 1.54) is 30.5 Å². The van der Waals surface area contributed by atoms with E-state index in [2.05, 4.69) is 42.0 Å². The van der Waals surface area contributed by atoms with Crippen LogP contribution in [0, 0.1) is 5.92 Å². The lowest BCUT2D eigenvalue weighted by molar-refractivity contribution is 0.389. The molecule has 1 aliphatic heterocycles. The Morgan fingerprint density at radius 3 is 3.00 bits per heavy atom. The van der Waals surface area contributed by atoms with Crippen LogP contribution >= 0.6 is 0 Å². The first-order valence-electron chi connectivity index (χ1n) is 7.62. The van der Waals surface area contributed by atoms with Gasteiger partial charge < -0.3 is 10.2 Å². The molecular formula is C16H27N3. The molecule has 0 amide bonds. The van der Waals surface area contributed by atoms with Gasteiger partial charge in [-0.25, -0.2) is 0 Å². The Labute approximate surface area is 117 Å². The van der Waals surface area contributed by atoms with E-state index in [0.717, 1.165) is 25.6 Å². The molecule has 0 aliphatic carbocycles. The molecule has 0 spiro atoms. The first-order valence-corrected chi connectivity index (χ1v) is 7.62. The molecule has 0 radical (unpaired) electrons. The Hall–Kier alpha value is -1.09. The van der Waals surface area contributed by atoms with Gasteiger partial charge in [-0.15, -0.1) is 0 Å². The molecule has 2 rings (SSSR count). The van der Waals surface area contributed by atoms with Crippen LogP contribution in [-0.2, 0) is 6.54 Å². The van der Waals surface area contributed by atoms with Gasteiger partial charge in [0.25, 0.3) is 0 Å². The molecule has 1 saturated heterocycles. The fourth-order valence-corrected chi connectivity index (χ4v) is 2.85. The second-order valence-corrected chi connectivity index (χ2v) is 5.87. The Bertz CT molecular complexity index is 391. The molecule has 1 fully saturated rings. The minimum Gasteiger partial charge on any atom is -0.367 e. The SMILES string of the molecule is CCCNCc1ccncc1N1CC(C)CCC1C. The van der Waals surface area contributed by atoms with Crippen molar-refractivity contribution in [2.45, 2.75) is 52.6 Å². The van der Waals surface area contributed by atoms with Crippen LogP contribution in [0.1, 0.15) is 45.6 Å². The van der Waals surface area contributed by atoms with Crippen LogP contribution < -0.4 is 10.2 Å². The lowest BCUT2D eigenvalue weighted by Gasteiger charge is -2.39. The fraction of sp³-hybridized carbons (Fsp3) is 0.688. The summed E-state index contributed by atoms with van der Waals surface area (Å²) in [5.41, 5.74) is 2.70. The number of nitrogens with one attached hydrogen (secondary N) is 1. The van der Waals surface area contributed by atoms with Gasteiger partial charge in [0.05, 0.1) is 11.9 Å². The quantitative estimate of drug-likeness (QED) is 0.825. The number of hydrogen-bond donors (Lipinski definition) is 1. The van der Waals surface area contributed by atoms with Crippen molar-refractivity contribution in [2.24, 2.45) is 5.92 Å². The molecule has 2 heterocycles. The Morgan fingerprint density at radius 2 is 2.21 bits per heavy atom. The van der Waals surface area contributed by atoms with Crippen LogP contribution in [0.2, 0.25) is 0 Å². The highest BCUT2D eigenvalue weighted by molar-refractivity contribution is 5.52. The summed E-state index contributed by atoms with van der Waals surface area (Å²) >= 11 is 0. The first-order chi connectivity index (χ1) is 9.22. The number of nitrogens with zero attached hydrogens (tertiary/aromatic N) is 2. The van der Waals surface area contributed by atoms with Crippen molar-refractivity contribution in [2.75, 3.05) is 18.0 Å². The highest BCUT2D eigenvalue weighted by atomic mass is 15.2. The number of piperidine rings is 1. The molecule has 3 heteroatoms. The van der Waals surface area contributed by atoms with E-state index in [1.54, 1.807) is 0 Å². The number of aromatic nitrogens is 1. The van der Waals surface area contributed by atoms with E-state index < -0.39 is 0 Å². The van der Waals surface area contributed by atoms with Crippen molar-refractivity contribution >= 4 is 5.69 Å². The van der Waals surface area contributed by atoms with Crippen molar-refractivity contribution in [1.29, 1.82) is 0 Å². The predicted octanol–water partition coefficient (Wildman–Crippen LogP) is 3.21. The highest BCUT2D eigenvalue weighted by Crippen LogP contribution is 2.29. The molecule has 1 aromatic rings. The predicted molar refractivity (Wildman–Crippen MR) is 81.4 cm³/mol. The summed E-state index contributed by atoms with van der Waals surface area (Å²) in [6.07, 6.45) is 7.76. The van der Waals surface area contributed by atoms with Crippen LogP contribution in [0.15, 0.2) is 18.5 Å². The van der Waals surface area contributed by atoms with Gasteiger partial charge >= 0.3 is 0 Å². The summed E-state index contributed by atoms with van der Waals surface area (Å²) in [4.78, 5) is 6.88. The zero-order valence-electron chi connectivity index (χ0n) is 12.5. The van der Waals surface area contributed by atoms with E-state index in [4.69, 9.17) is 0 Å². The van der Waals surface area contributed by atoms with E-state index >= 15 is 0 Å². The number of anilines is 1. The maximum atomic E-state index is 4.34. The van der Waals surface area contributed by atoms with Crippen molar-refractivity contribution in [3.05, 3.63) is 24.0 Å². The molecule has 0 saturated carbocycles. The molecule has 1 aliphatic rings. The molecule has 0 aromatic carbocycles. The Kier molecular flexibility index (Phi) is 5.20. The number of hydrogen-bond acceptors (Lipinski definition) is 3. The van der Waals surface area contributed by atoms with Crippen LogP contribution in [0.3, 0.4) is 0 Å². The average Bonchev–Trinajstić information content (AvgIpc) is 2.42. The summed E-state index contributed by atoms with van der Waals surface area (Å²) in [7, 11) is 0. The molecule has 106 valence electrons. The standard InChI is InChI=1S/C16H27N3/c1-4-8-17-10-15-7-9-18-11-16(15)19-12-13(2)5-6-14(19)3/h7,9,11,13-14,17H,4-6,8,10,12H2,1-3H3. The second kappa shape index (κ2) is 6.90. The third-order valence-corrected chi connectivity index (χ3v) is 4.06. The van der Waals surface area contributed by atoms with Gasteiger partial charge in [0.2, 0.25) is 0 Å². The summed E-state index contributed by atoms with van der Waals surface area (Å²) in [6.45, 7) is 10.1. The second-order valence-electron chi connectivity index (χ2n) is 5.87. The zero-order valence-corrected chi connectivity index (χ0v) is 12.5. The molecule has 0 bridgehead atoms. The number of pyridine rings is 1. The molecule has 2 unspecified atom stereocenters. The normalized spacial score (nSPS) is 23.6. The van der Waals surface area contributed by atoms with Gasteiger partial charge in [0, 0.05) is 25.3 Å². The third kappa shape index (κ3) is 3.69. The fourth-order valence-electron chi connectivity index (χ4n) is 2.85. The molecular weight excluding hydrogens is 234 g/mol. The summed E-state index contributed by atoms with van der Waals surface area (Å²) in [6, 6.07) is 2.79. The van der Waals surface area contributed by atoms with Gasteiger partial charge in [0.1, 0.15) is 0 Å².